The zero-order valence-corrected chi connectivity index (χ0v) is 16.4. The van der Waals surface area contributed by atoms with Crippen molar-refractivity contribution >= 4 is 40.9 Å². The number of benzene rings is 2. The van der Waals surface area contributed by atoms with Gasteiger partial charge in [0, 0.05) is 11.9 Å². The van der Waals surface area contributed by atoms with Gasteiger partial charge in [0.05, 0.1) is 24.3 Å². The van der Waals surface area contributed by atoms with E-state index in [9.17, 15) is 14.4 Å². The molecule has 0 unspecified atom stereocenters. The van der Waals surface area contributed by atoms with Crippen LogP contribution >= 0.6 is 11.8 Å². The van der Waals surface area contributed by atoms with Gasteiger partial charge in [0.25, 0.3) is 5.91 Å². The van der Waals surface area contributed by atoms with Crippen molar-refractivity contribution in [2.24, 2.45) is 0 Å². The van der Waals surface area contributed by atoms with E-state index in [2.05, 4.69) is 10.6 Å². The lowest BCUT2D eigenvalue weighted by Gasteiger charge is -2.26. The van der Waals surface area contributed by atoms with Crippen molar-refractivity contribution in [2.45, 2.75) is 17.4 Å². The number of ether oxygens (including phenoxy) is 1. The van der Waals surface area contributed by atoms with Crippen molar-refractivity contribution in [1.29, 1.82) is 0 Å². The SMILES string of the molecule is CSc1ccccc1NC(=O)CN(C)C(=O)C[C@H]1Oc2ccccc2NC1=O. The van der Waals surface area contributed by atoms with Gasteiger partial charge >= 0.3 is 0 Å². The first kappa shape index (κ1) is 19.8. The number of para-hydroxylation sites is 3. The molecule has 3 amide bonds. The van der Waals surface area contributed by atoms with E-state index in [1.165, 1.54) is 23.7 Å². The minimum atomic E-state index is -0.926. The monoisotopic (exact) mass is 399 g/mol. The Morgan fingerprint density at radius 2 is 1.89 bits per heavy atom. The van der Waals surface area contributed by atoms with E-state index in [4.69, 9.17) is 4.74 Å². The van der Waals surface area contributed by atoms with Crippen molar-refractivity contribution in [3.05, 3.63) is 48.5 Å². The third-order valence-corrected chi connectivity index (χ3v) is 5.05. The lowest BCUT2D eigenvalue weighted by atomic mass is 10.1. The predicted molar refractivity (Wildman–Crippen MR) is 109 cm³/mol. The molecule has 28 heavy (non-hydrogen) atoms. The van der Waals surface area contributed by atoms with Gasteiger partial charge in [-0.2, -0.15) is 0 Å². The van der Waals surface area contributed by atoms with Crippen LogP contribution in [0.3, 0.4) is 0 Å². The fraction of sp³-hybridized carbons (Fsp3) is 0.250. The van der Waals surface area contributed by atoms with Crippen LogP contribution < -0.4 is 15.4 Å². The first-order chi connectivity index (χ1) is 13.5. The smallest absolute Gasteiger partial charge is 0.266 e. The fourth-order valence-corrected chi connectivity index (χ4v) is 3.34. The number of amides is 3. The van der Waals surface area contributed by atoms with Gasteiger partial charge in [0.1, 0.15) is 5.75 Å². The van der Waals surface area contributed by atoms with Crippen LogP contribution in [-0.2, 0) is 14.4 Å². The Labute approximate surface area is 167 Å². The van der Waals surface area contributed by atoms with Gasteiger partial charge in [0.2, 0.25) is 11.8 Å². The molecule has 0 spiro atoms. The van der Waals surface area contributed by atoms with Gasteiger partial charge in [-0.25, -0.2) is 0 Å². The predicted octanol–water partition coefficient (Wildman–Crippen LogP) is 2.60. The number of anilines is 2. The summed E-state index contributed by atoms with van der Waals surface area (Å²) in [7, 11) is 1.52. The second-order valence-corrected chi connectivity index (χ2v) is 7.14. The largest absolute Gasteiger partial charge is 0.478 e. The maximum atomic E-state index is 12.5. The van der Waals surface area contributed by atoms with E-state index in [1.807, 2.05) is 30.5 Å². The van der Waals surface area contributed by atoms with Gasteiger partial charge in [-0.3, -0.25) is 14.4 Å². The number of nitrogens with one attached hydrogen (secondary N) is 2. The van der Waals surface area contributed by atoms with Crippen LogP contribution in [0, 0.1) is 0 Å². The molecule has 0 aromatic heterocycles. The van der Waals surface area contributed by atoms with Gasteiger partial charge in [-0.1, -0.05) is 24.3 Å². The molecule has 0 fully saturated rings. The molecule has 2 aromatic rings. The Bertz CT molecular complexity index is 903. The highest BCUT2D eigenvalue weighted by molar-refractivity contribution is 7.98. The van der Waals surface area contributed by atoms with Crippen LogP contribution in [-0.4, -0.2) is 48.6 Å². The number of hydrogen-bond acceptors (Lipinski definition) is 5. The average molecular weight is 399 g/mol. The van der Waals surface area contributed by atoms with Crippen LogP contribution in [0.4, 0.5) is 11.4 Å². The average Bonchev–Trinajstić information content (AvgIpc) is 2.68. The molecule has 146 valence electrons. The van der Waals surface area contributed by atoms with E-state index in [0.29, 0.717) is 17.1 Å². The summed E-state index contributed by atoms with van der Waals surface area (Å²) in [5.41, 5.74) is 1.28. The summed E-state index contributed by atoms with van der Waals surface area (Å²) >= 11 is 1.52. The topological polar surface area (TPSA) is 87.7 Å². The van der Waals surface area contributed by atoms with Crippen molar-refractivity contribution in [1.82, 2.24) is 4.90 Å². The molecule has 1 aliphatic rings. The number of hydrogen-bond donors (Lipinski definition) is 2. The highest BCUT2D eigenvalue weighted by Gasteiger charge is 2.30. The Morgan fingerprint density at radius 1 is 1.18 bits per heavy atom. The van der Waals surface area contributed by atoms with Crippen molar-refractivity contribution in [3.63, 3.8) is 0 Å². The zero-order chi connectivity index (χ0) is 20.1. The summed E-state index contributed by atoms with van der Waals surface area (Å²) in [5.74, 6) is -0.516. The molecule has 0 saturated heterocycles. The minimum absolute atomic E-state index is 0.119. The van der Waals surface area contributed by atoms with Gasteiger partial charge in [0.15, 0.2) is 6.10 Å². The number of fused-ring (bicyclic) bond motifs is 1. The summed E-state index contributed by atoms with van der Waals surface area (Å²) in [4.78, 5) is 39.1. The van der Waals surface area contributed by atoms with E-state index in [1.54, 1.807) is 24.3 Å². The van der Waals surface area contributed by atoms with E-state index in [0.717, 1.165) is 4.90 Å². The zero-order valence-electron chi connectivity index (χ0n) is 15.6. The molecule has 3 rings (SSSR count). The van der Waals surface area contributed by atoms with E-state index < -0.39 is 6.10 Å². The molecule has 2 N–H and O–H groups in total. The van der Waals surface area contributed by atoms with Crippen LogP contribution in [0.1, 0.15) is 6.42 Å². The van der Waals surface area contributed by atoms with Gasteiger partial charge in [-0.15, -0.1) is 11.8 Å². The van der Waals surface area contributed by atoms with Gasteiger partial charge < -0.3 is 20.3 Å². The maximum Gasteiger partial charge on any atom is 0.266 e. The van der Waals surface area contributed by atoms with Crippen LogP contribution in [0.15, 0.2) is 53.4 Å². The van der Waals surface area contributed by atoms with Crippen molar-refractivity contribution < 1.29 is 19.1 Å². The quantitative estimate of drug-likeness (QED) is 0.729. The Hall–Kier alpha value is -3.00. The summed E-state index contributed by atoms with van der Waals surface area (Å²) in [6.45, 7) is -0.119. The Morgan fingerprint density at radius 3 is 2.68 bits per heavy atom. The molecule has 1 heterocycles. The Balaban J connectivity index is 1.56. The highest BCUT2D eigenvalue weighted by Crippen LogP contribution is 2.29. The second-order valence-electron chi connectivity index (χ2n) is 6.29. The second kappa shape index (κ2) is 8.79. The van der Waals surface area contributed by atoms with E-state index >= 15 is 0 Å². The number of carbonyl (C=O) groups is 3. The molecule has 0 bridgehead atoms. The lowest BCUT2D eigenvalue weighted by molar-refractivity contribution is -0.137. The number of thioether (sulfide) groups is 1. The Kier molecular flexibility index (Phi) is 6.20. The number of carbonyl (C=O) groups excluding carboxylic acids is 3. The first-order valence-electron chi connectivity index (χ1n) is 8.71. The number of likely N-dealkylation sites (N-methyl/N-ethyl adjacent to an activating group) is 1. The molecule has 0 saturated carbocycles. The van der Waals surface area contributed by atoms with Crippen LogP contribution in [0.2, 0.25) is 0 Å². The van der Waals surface area contributed by atoms with E-state index in [-0.39, 0.29) is 30.7 Å². The molecule has 1 atom stereocenters. The molecular formula is C20H21N3O4S. The number of rotatable bonds is 6. The summed E-state index contributed by atoms with van der Waals surface area (Å²) in [5, 5.41) is 5.53. The molecular weight excluding hydrogens is 378 g/mol. The van der Waals surface area contributed by atoms with Gasteiger partial charge in [-0.05, 0) is 30.5 Å². The normalized spacial score (nSPS) is 15.1. The molecule has 1 aliphatic heterocycles. The molecule has 0 radical (unpaired) electrons. The fourth-order valence-electron chi connectivity index (χ4n) is 2.78. The number of nitrogens with zero attached hydrogens (tertiary/aromatic N) is 1. The summed E-state index contributed by atoms with van der Waals surface area (Å²) in [6.07, 6.45) is 0.851. The third-order valence-electron chi connectivity index (χ3n) is 4.25. The van der Waals surface area contributed by atoms with Crippen molar-refractivity contribution in [3.8, 4) is 5.75 Å². The first-order valence-corrected chi connectivity index (χ1v) is 9.94. The minimum Gasteiger partial charge on any atom is -0.478 e. The highest BCUT2D eigenvalue weighted by atomic mass is 32.2. The van der Waals surface area contributed by atoms with Crippen molar-refractivity contribution in [2.75, 3.05) is 30.5 Å². The van der Waals surface area contributed by atoms with Crippen LogP contribution in [0.25, 0.3) is 0 Å². The molecule has 0 aliphatic carbocycles. The standard InChI is InChI=1S/C20H21N3O4S/c1-23(12-18(24)21-14-8-4-6-10-17(14)28-2)19(25)11-16-20(26)22-13-7-3-5-9-15(13)27-16/h3-10,16H,11-12H2,1-2H3,(H,21,24)(H,22,26)/t16-/m1/s1. The molecule has 2 aromatic carbocycles. The van der Waals surface area contributed by atoms with Crippen LogP contribution in [0.5, 0.6) is 5.75 Å². The third kappa shape index (κ3) is 4.64. The maximum absolute atomic E-state index is 12.5. The summed E-state index contributed by atoms with van der Waals surface area (Å²) in [6, 6.07) is 14.5. The molecule has 8 heteroatoms. The lowest BCUT2D eigenvalue weighted by Crippen LogP contribution is -2.43. The molecule has 7 nitrogen and oxygen atoms in total. The summed E-state index contributed by atoms with van der Waals surface area (Å²) < 4.78 is 5.63.